The molecule has 1 aromatic rings. The van der Waals surface area contributed by atoms with Crippen molar-refractivity contribution in [3.63, 3.8) is 0 Å². The van der Waals surface area contributed by atoms with Crippen molar-refractivity contribution >= 4 is 11.8 Å². The average Bonchev–Trinajstić information content (AvgIpc) is 2.84. The minimum absolute atomic E-state index is 0.0131. The lowest BCUT2D eigenvalue weighted by Crippen LogP contribution is -2.48. The number of hydrogen-bond donors (Lipinski definition) is 1. The lowest BCUT2D eigenvalue weighted by atomic mass is 9.65. The Morgan fingerprint density at radius 2 is 2.00 bits per heavy atom. The number of primary amides is 1. The Balaban J connectivity index is 1.77. The number of nitrogens with two attached hydrogens (primary N) is 1. The normalized spacial score (nSPS) is 30.3. The maximum Gasteiger partial charge on any atom is 0.237 e. The van der Waals surface area contributed by atoms with Gasteiger partial charge in [-0.15, -0.1) is 0 Å². The molecule has 6 nitrogen and oxygen atoms in total. The Hall–Kier alpha value is -1.95. The van der Waals surface area contributed by atoms with Crippen molar-refractivity contribution in [1.29, 1.82) is 0 Å². The number of carbonyl (C=O) groups excluding carboxylic acids is 2. The predicted molar refractivity (Wildman–Crippen MR) is 90.9 cm³/mol. The monoisotopic (exact) mass is 330 g/mol. The van der Waals surface area contributed by atoms with E-state index in [1.54, 1.807) is 4.90 Å². The summed E-state index contributed by atoms with van der Waals surface area (Å²) in [6.45, 7) is 0.695. The van der Waals surface area contributed by atoms with Gasteiger partial charge in [0.25, 0.3) is 0 Å². The van der Waals surface area contributed by atoms with Crippen LogP contribution in [0.5, 0.6) is 0 Å². The third-order valence-electron chi connectivity index (χ3n) is 5.89. The molecule has 1 aromatic heterocycles. The van der Waals surface area contributed by atoms with Gasteiger partial charge < -0.3 is 10.6 Å². The van der Waals surface area contributed by atoms with Crippen LogP contribution in [0.4, 0.5) is 0 Å². The van der Waals surface area contributed by atoms with Crippen LogP contribution < -0.4 is 5.73 Å². The molecule has 0 bridgehead atoms. The fourth-order valence-corrected chi connectivity index (χ4v) is 4.41. The van der Waals surface area contributed by atoms with Crippen LogP contribution >= 0.6 is 0 Å². The van der Waals surface area contributed by atoms with Gasteiger partial charge in [0.1, 0.15) is 0 Å². The van der Waals surface area contributed by atoms with Crippen LogP contribution in [-0.2, 0) is 15.1 Å². The summed E-state index contributed by atoms with van der Waals surface area (Å²) < 4.78 is 0. The van der Waals surface area contributed by atoms with Crippen LogP contribution in [0.25, 0.3) is 0 Å². The first-order valence-corrected chi connectivity index (χ1v) is 8.52. The van der Waals surface area contributed by atoms with Crippen molar-refractivity contribution in [2.24, 2.45) is 11.1 Å². The van der Waals surface area contributed by atoms with E-state index < -0.39 is 5.91 Å². The third kappa shape index (κ3) is 2.90. The Bertz CT molecular complexity index is 621. The van der Waals surface area contributed by atoms with E-state index in [1.807, 2.05) is 18.3 Å². The van der Waals surface area contributed by atoms with Gasteiger partial charge in [0.2, 0.25) is 11.8 Å². The maximum absolute atomic E-state index is 12.2. The Morgan fingerprint density at radius 1 is 1.29 bits per heavy atom. The minimum atomic E-state index is -0.438. The predicted octanol–water partition coefficient (Wildman–Crippen LogP) is 1.12. The summed E-state index contributed by atoms with van der Waals surface area (Å²) in [6.07, 6.45) is 6.24. The summed E-state index contributed by atoms with van der Waals surface area (Å²) in [6, 6.07) is 6.07. The molecule has 130 valence electrons. The largest absolute Gasteiger partial charge is 0.368 e. The van der Waals surface area contributed by atoms with Gasteiger partial charge in [0.15, 0.2) is 0 Å². The van der Waals surface area contributed by atoms with E-state index in [0.717, 1.165) is 31.4 Å². The molecule has 24 heavy (non-hydrogen) atoms. The third-order valence-corrected chi connectivity index (χ3v) is 5.89. The number of nitrogens with zero attached hydrogens (tertiary/aromatic N) is 3. The van der Waals surface area contributed by atoms with E-state index in [1.165, 1.54) is 0 Å². The summed E-state index contributed by atoms with van der Waals surface area (Å²) in [5, 5.41) is 0. The van der Waals surface area contributed by atoms with Gasteiger partial charge in [-0.1, -0.05) is 6.07 Å². The first kappa shape index (κ1) is 16.9. The van der Waals surface area contributed by atoms with Gasteiger partial charge in [-0.25, -0.2) is 0 Å². The summed E-state index contributed by atoms with van der Waals surface area (Å²) in [4.78, 5) is 31.9. The quantitative estimate of drug-likeness (QED) is 0.897. The van der Waals surface area contributed by atoms with Crippen molar-refractivity contribution in [2.45, 2.75) is 37.6 Å². The highest BCUT2D eigenvalue weighted by Gasteiger charge is 2.50. The topological polar surface area (TPSA) is 79.5 Å². The maximum atomic E-state index is 12.2. The summed E-state index contributed by atoms with van der Waals surface area (Å²) in [7, 11) is 4.21. The molecule has 3 rings (SSSR count). The molecule has 0 aromatic carbocycles. The van der Waals surface area contributed by atoms with Gasteiger partial charge in [-0.3, -0.25) is 19.5 Å². The molecule has 1 spiro atoms. The van der Waals surface area contributed by atoms with Crippen LogP contribution in [0.3, 0.4) is 0 Å². The molecule has 1 saturated carbocycles. The standard InChI is InChI=1S/C18H26N4O2/c1-21(2)18(14-5-3-4-10-20-14)8-6-17(7-9-18)11-16(24)22(13-17)12-15(19)23/h3-5,10H,6-9,11-13H2,1-2H3,(H2,19,23). The lowest BCUT2D eigenvalue weighted by molar-refractivity contribution is -0.132. The number of amides is 2. The zero-order valence-electron chi connectivity index (χ0n) is 14.5. The molecule has 1 saturated heterocycles. The van der Waals surface area contributed by atoms with Crippen LogP contribution in [0.15, 0.2) is 24.4 Å². The van der Waals surface area contributed by atoms with Crippen LogP contribution in [0.2, 0.25) is 0 Å². The Morgan fingerprint density at radius 3 is 2.54 bits per heavy atom. The van der Waals surface area contributed by atoms with E-state index in [2.05, 4.69) is 30.0 Å². The smallest absolute Gasteiger partial charge is 0.237 e. The summed E-state index contributed by atoms with van der Waals surface area (Å²) in [5.74, 6) is -0.378. The van der Waals surface area contributed by atoms with Crippen molar-refractivity contribution < 1.29 is 9.59 Å². The van der Waals surface area contributed by atoms with Crippen LogP contribution in [-0.4, -0.2) is 53.8 Å². The van der Waals surface area contributed by atoms with Gasteiger partial charge >= 0.3 is 0 Å². The zero-order chi connectivity index (χ0) is 17.4. The number of hydrogen-bond acceptors (Lipinski definition) is 4. The first-order valence-electron chi connectivity index (χ1n) is 8.52. The van der Waals surface area contributed by atoms with Crippen LogP contribution in [0.1, 0.15) is 37.8 Å². The highest BCUT2D eigenvalue weighted by molar-refractivity contribution is 5.85. The molecule has 1 aliphatic heterocycles. The van der Waals surface area contributed by atoms with Gasteiger partial charge in [0, 0.05) is 19.2 Å². The second-order valence-electron chi connectivity index (χ2n) is 7.53. The molecule has 2 aliphatic rings. The SMILES string of the molecule is CN(C)C1(c2ccccn2)CCC2(CC1)CC(=O)N(CC(N)=O)C2. The minimum Gasteiger partial charge on any atom is -0.368 e. The first-order chi connectivity index (χ1) is 11.4. The Labute approximate surface area is 143 Å². The van der Waals surface area contributed by atoms with E-state index in [0.29, 0.717) is 13.0 Å². The molecule has 0 unspecified atom stereocenters. The highest BCUT2D eigenvalue weighted by atomic mass is 16.2. The number of carbonyl (C=O) groups is 2. The highest BCUT2D eigenvalue weighted by Crippen LogP contribution is 2.51. The number of pyridine rings is 1. The molecule has 2 fully saturated rings. The number of aromatic nitrogens is 1. The van der Waals surface area contributed by atoms with Gasteiger partial charge in [0.05, 0.1) is 17.8 Å². The van der Waals surface area contributed by atoms with Gasteiger partial charge in [-0.05, 0) is 57.3 Å². The van der Waals surface area contributed by atoms with Crippen molar-refractivity contribution in [2.75, 3.05) is 27.2 Å². The fourth-order valence-electron chi connectivity index (χ4n) is 4.41. The molecule has 1 aliphatic carbocycles. The second kappa shape index (κ2) is 6.16. The fraction of sp³-hybridized carbons (Fsp3) is 0.611. The Kier molecular flexibility index (Phi) is 4.34. The molecular weight excluding hydrogens is 304 g/mol. The molecule has 2 amide bonds. The molecule has 0 radical (unpaired) electrons. The average molecular weight is 330 g/mol. The van der Waals surface area contributed by atoms with E-state index in [4.69, 9.17) is 5.73 Å². The van der Waals surface area contributed by atoms with Crippen molar-refractivity contribution in [1.82, 2.24) is 14.8 Å². The lowest BCUT2D eigenvalue weighted by Gasteiger charge is -2.48. The molecule has 0 atom stereocenters. The number of likely N-dealkylation sites (tertiary alicyclic amines) is 1. The summed E-state index contributed by atoms with van der Waals surface area (Å²) >= 11 is 0. The van der Waals surface area contributed by atoms with E-state index in [9.17, 15) is 9.59 Å². The van der Waals surface area contributed by atoms with Gasteiger partial charge in [-0.2, -0.15) is 0 Å². The summed E-state index contributed by atoms with van der Waals surface area (Å²) in [5.41, 5.74) is 6.27. The zero-order valence-corrected chi connectivity index (χ0v) is 14.5. The number of rotatable bonds is 4. The van der Waals surface area contributed by atoms with Crippen molar-refractivity contribution in [3.05, 3.63) is 30.1 Å². The molecule has 6 heteroatoms. The van der Waals surface area contributed by atoms with Crippen molar-refractivity contribution in [3.8, 4) is 0 Å². The van der Waals surface area contributed by atoms with E-state index in [-0.39, 0.29) is 23.4 Å². The molecule has 2 N–H and O–H groups in total. The second-order valence-corrected chi connectivity index (χ2v) is 7.53. The molecule has 2 heterocycles. The van der Waals surface area contributed by atoms with E-state index >= 15 is 0 Å². The van der Waals surface area contributed by atoms with Crippen LogP contribution in [0, 0.1) is 5.41 Å². The molecular formula is C18H26N4O2.